The molecule has 0 atom stereocenters. The van der Waals surface area contributed by atoms with Crippen molar-refractivity contribution in [2.75, 3.05) is 5.75 Å². The number of rotatable bonds is 5. The summed E-state index contributed by atoms with van der Waals surface area (Å²) in [7, 11) is -3.15. The van der Waals surface area contributed by atoms with Gasteiger partial charge in [0, 0.05) is 0 Å². The number of hydrogen-bond donors (Lipinski definition) is 0. The average molecular weight is 238 g/mol. The molecule has 0 saturated heterocycles. The highest BCUT2D eigenvalue weighted by atomic mass is 32.2. The molecule has 88 valence electrons. The molecule has 0 spiro atoms. The van der Waals surface area contributed by atoms with E-state index in [2.05, 4.69) is 6.58 Å². The lowest BCUT2D eigenvalue weighted by atomic mass is 10.0. The normalized spacial score (nSPS) is 11.7. The van der Waals surface area contributed by atoms with E-state index in [1.807, 2.05) is 19.9 Å². The third-order valence-electron chi connectivity index (χ3n) is 2.61. The second-order valence-corrected chi connectivity index (χ2v) is 6.30. The molecule has 0 aromatic heterocycles. The van der Waals surface area contributed by atoms with Gasteiger partial charge in [0.15, 0.2) is 9.84 Å². The summed E-state index contributed by atoms with van der Waals surface area (Å²) in [6, 6.07) is 8.56. The Kier molecular flexibility index (Phi) is 4.30. The van der Waals surface area contributed by atoms with Crippen LogP contribution in [0.5, 0.6) is 0 Å². The molecular formula is C13H18O2S. The number of hydrogen-bond acceptors (Lipinski definition) is 2. The molecule has 16 heavy (non-hydrogen) atoms. The molecule has 0 radical (unpaired) electrons. The highest BCUT2D eigenvalue weighted by Gasteiger charge is 2.14. The molecule has 0 bridgehead atoms. The van der Waals surface area contributed by atoms with Gasteiger partial charge in [0.1, 0.15) is 0 Å². The lowest BCUT2D eigenvalue weighted by Gasteiger charge is -2.09. The van der Waals surface area contributed by atoms with Crippen molar-refractivity contribution in [2.24, 2.45) is 5.92 Å². The van der Waals surface area contributed by atoms with Crippen LogP contribution in [0.1, 0.15) is 20.3 Å². The summed E-state index contributed by atoms with van der Waals surface area (Å²) in [5.41, 5.74) is 0.986. The molecule has 0 fully saturated rings. The molecule has 0 unspecified atom stereocenters. The molecule has 0 aliphatic heterocycles. The topological polar surface area (TPSA) is 34.1 Å². The second-order valence-electron chi connectivity index (χ2n) is 4.19. The molecule has 0 amide bonds. The Hall–Kier alpha value is -1.09. The van der Waals surface area contributed by atoms with Crippen LogP contribution in [-0.4, -0.2) is 14.2 Å². The van der Waals surface area contributed by atoms with E-state index in [9.17, 15) is 8.42 Å². The van der Waals surface area contributed by atoms with Crippen LogP contribution in [0.25, 0.3) is 0 Å². The minimum Gasteiger partial charge on any atom is -0.224 e. The van der Waals surface area contributed by atoms with Crippen LogP contribution >= 0.6 is 0 Å². The van der Waals surface area contributed by atoms with Gasteiger partial charge in [-0.15, -0.1) is 0 Å². The van der Waals surface area contributed by atoms with Crippen molar-refractivity contribution in [2.45, 2.75) is 25.2 Å². The molecule has 0 N–H and O–H groups in total. The molecule has 1 aromatic rings. The van der Waals surface area contributed by atoms with Gasteiger partial charge in [-0.25, -0.2) is 8.42 Å². The third-order valence-corrected chi connectivity index (χ3v) is 4.34. The number of allylic oxidation sites excluding steroid dienone is 1. The Bertz CT molecular complexity index is 444. The fraction of sp³-hybridized carbons (Fsp3) is 0.385. The minimum absolute atomic E-state index is 0.147. The SMILES string of the molecule is C=C(CCS(=O)(=O)c1ccccc1)C(C)C. The largest absolute Gasteiger partial charge is 0.224 e. The molecule has 0 heterocycles. The second kappa shape index (κ2) is 5.30. The van der Waals surface area contributed by atoms with E-state index >= 15 is 0 Å². The van der Waals surface area contributed by atoms with Crippen LogP contribution in [0.3, 0.4) is 0 Å². The summed E-state index contributed by atoms with van der Waals surface area (Å²) < 4.78 is 23.8. The zero-order valence-electron chi connectivity index (χ0n) is 9.81. The van der Waals surface area contributed by atoms with Gasteiger partial charge in [0.2, 0.25) is 0 Å². The van der Waals surface area contributed by atoms with Gasteiger partial charge < -0.3 is 0 Å². The highest BCUT2D eigenvalue weighted by Crippen LogP contribution is 2.16. The van der Waals surface area contributed by atoms with Gasteiger partial charge in [-0.2, -0.15) is 0 Å². The first kappa shape index (κ1) is 13.0. The lowest BCUT2D eigenvalue weighted by molar-refractivity contribution is 0.593. The predicted octanol–water partition coefficient (Wildman–Crippen LogP) is 3.06. The summed E-state index contributed by atoms with van der Waals surface area (Å²) >= 11 is 0. The van der Waals surface area contributed by atoms with E-state index in [1.165, 1.54) is 0 Å². The molecule has 0 aliphatic rings. The van der Waals surface area contributed by atoms with Crippen LogP contribution in [0.2, 0.25) is 0 Å². The number of sulfone groups is 1. The van der Waals surface area contributed by atoms with Gasteiger partial charge in [-0.1, -0.05) is 44.2 Å². The first-order valence-corrected chi connectivity index (χ1v) is 7.04. The molecule has 0 aliphatic carbocycles. The first-order valence-electron chi connectivity index (χ1n) is 5.39. The van der Waals surface area contributed by atoms with Gasteiger partial charge in [-0.3, -0.25) is 0 Å². The zero-order valence-corrected chi connectivity index (χ0v) is 10.6. The maximum absolute atomic E-state index is 11.9. The van der Waals surface area contributed by atoms with E-state index in [0.717, 1.165) is 5.57 Å². The van der Waals surface area contributed by atoms with Gasteiger partial charge >= 0.3 is 0 Å². The quantitative estimate of drug-likeness (QED) is 0.739. The molecule has 2 nitrogen and oxygen atoms in total. The Labute approximate surface area is 97.9 Å². The summed E-state index contributed by atoms with van der Waals surface area (Å²) in [6.07, 6.45) is 0.537. The number of benzene rings is 1. The van der Waals surface area contributed by atoms with Crippen LogP contribution in [0, 0.1) is 5.92 Å². The zero-order chi connectivity index (χ0) is 12.2. The highest BCUT2D eigenvalue weighted by molar-refractivity contribution is 7.91. The van der Waals surface area contributed by atoms with E-state index in [4.69, 9.17) is 0 Å². The minimum atomic E-state index is -3.15. The van der Waals surface area contributed by atoms with Gasteiger partial charge in [0.05, 0.1) is 10.6 Å². The van der Waals surface area contributed by atoms with Crippen molar-refractivity contribution in [1.29, 1.82) is 0 Å². The van der Waals surface area contributed by atoms with Crippen molar-refractivity contribution in [1.82, 2.24) is 0 Å². The molecule has 3 heteroatoms. The Morgan fingerprint density at radius 1 is 1.25 bits per heavy atom. The van der Waals surface area contributed by atoms with Crippen LogP contribution in [0.4, 0.5) is 0 Å². The van der Waals surface area contributed by atoms with Crippen molar-refractivity contribution < 1.29 is 8.42 Å². The standard InChI is InChI=1S/C13H18O2S/c1-11(2)12(3)9-10-16(14,15)13-7-5-4-6-8-13/h4-8,11H,3,9-10H2,1-2H3. The monoisotopic (exact) mass is 238 g/mol. The lowest BCUT2D eigenvalue weighted by Crippen LogP contribution is -2.08. The smallest absolute Gasteiger partial charge is 0.178 e. The maximum Gasteiger partial charge on any atom is 0.178 e. The molecular weight excluding hydrogens is 220 g/mol. The third kappa shape index (κ3) is 3.49. The molecule has 1 aromatic carbocycles. The van der Waals surface area contributed by atoms with Crippen LogP contribution in [-0.2, 0) is 9.84 Å². The fourth-order valence-electron chi connectivity index (χ4n) is 1.30. The van der Waals surface area contributed by atoms with Gasteiger partial charge in [0.25, 0.3) is 0 Å². The summed E-state index contributed by atoms with van der Waals surface area (Å²) in [6.45, 7) is 7.94. The van der Waals surface area contributed by atoms with Crippen LogP contribution in [0.15, 0.2) is 47.4 Å². The summed E-state index contributed by atoms with van der Waals surface area (Å²) in [4.78, 5) is 0.395. The van der Waals surface area contributed by atoms with Gasteiger partial charge in [-0.05, 0) is 24.5 Å². The van der Waals surface area contributed by atoms with Crippen LogP contribution < -0.4 is 0 Å². The average Bonchev–Trinajstić information content (AvgIpc) is 2.27. The molecule has 1 rings (SSSR count). The Morgan fingerprint density at radius 3 is 2.31 bits per heavy atom. The van der Waals surface area contributed by atoms with E-state index in [-0.39, 0.29) is 5.75 Å². The Balaban J connectivity index is 2.71. The molecule has 0 saturated carbocycles. The Morgan fingerprint density at radius 2 is 1.81 bits per heavy atom. The predicted molar refractivity (Wildman–Crippen MR) is 67.1 cm³/mol. The maximum atomic E-state index is 11.9. The van der Waals surface area contributed by atoms with Crippen molar-refractivity contribution in [3.8, 4) is 0 Å². The van der Waals surface area contributed by atoms with Crippen molar-refractivity contribution >= 4 is 9.84 Å². The summed E-state index contributed by atoms with van der Waals surface area (Å²) in [5.74, 6) is 0.486. The van der Waals surface area contributed by atoms with Crippen molar-refractivity contribution in [3.63, 3.8) is 0 Å². The van der Waals surface area contributed by atoms with E-state index in [1.54, 1.807) is 24.3 Å². The van der Waals surface area contributed by atoms with E-state index < -0.39 is 9.84 Å². The van der Waals surface area contributed by atoms with Crippen molar-refractivity contribution in [3.05, 3.63) is 42.5 Å². The van der Waals surface area contributed by atoms with E-state index in [0.29, 0.717) is 17.2 Å². The summed E-state index contributed by atoms with van der Waals surface area (Å²) in [5, 5.41) is 0. The first-order chi connectivity index (χ1) is 7.43. The fourth-order valence-corrected chi connectivity index (χ4v) is 2.64.